The minimum Gasteiger partial charge on any atom is -0.353 e. The van der Waals surface area contributed by atoms with Crippen molar-refractivity contribution in [3.8, 4) is 6.07 Å². The molecule has 0 aliphatic carbocycles. The molecule has 1 fully saturated rings. The van der Waals surface area contributed by atoms with Gasteiger partial charge in [0.2, 0.25) is 0 Å². The highest BCUT2D eigenvalue weighted by Crippen LogP contribution is 2.30. The Labute approximate surface area is 152 Å². The predicted octanol–water partition coefficient (Wildman–Crippen LogP) is 4.74. The lowest BCUT2D eigenvalue weighted by atomic mass is 9.87. The maximum atomic E-state index is 13.6. The van der Waals surface area contributed by atoms with E-state index in [1.54, 1.807) is 6.42 Å². The SMILES string of the molecule is N#CC(OC1CCCCO1)C([CH]c1ccc(F)c(F)c1)c1ccccc1. The van der Waals surface area contributed by atoms with Gasteiger partial charge in [-0.15, -0.1) is 0 Å². The Bertz CT molecular complexity index is 754. The molecule has 26 heavy (non-hydrogen) atoms. The Morgan fingerprint density at radius 2 is 1.92 bits per heavy atom. The van der Waals surface area contributed by atoms with Crippen LogP contribution in [0.3, 0.4) is 0 Å². The number of halogens is 2. The van der Waals surface area contributed by atoms with E-state index in [0.717, 1.165) is 37.0 Å². The van der Waals surface area contributed by atoms with Crippen molar-refractivity contribution in [1.82, 2.24) is 0 Å². The van der Waals surface area contributed by atoms with Gasteiger partial charge in [0.1, 0.15) is 0 Å². The Balaban J connectivity index is 1.84. The molecule has 1 saturated heterocycles. The van der Waals surface area contributed by atoms with Crippen LogP contribution < -0.4 is 0 Å². The molecule has 3 atom stereocenters. The third-order valence-electron chi connectivity index (χ3n) is 4.39. The monoisotopic (exact) mass is 356 g/mol. The maximum absolute atomic E-state index is 13.6. The zero-order valence-corrected chi connectivity index (χ0v) is 14.3. The summed E-state index contributed by atoms with van der Waals surface area (Å²) in [7, 11) is 0. The van der Waals surface area contributed by atoms with Crippen LogP contribution in [0.4, 0.5) is 8.78 Å². The third-order valence-corrected chi connectivity index (χ3v) is 4.39. The van der Waals surface area contributed by atoms with Gasteiger partial charge in [-0.3, -0.25) is 0 Å². The minimum absolute atomic E-state index is 0.419. The number of benzene rings is 2. The first kappa shape index (κ1) is 18.5. The van der Waals surface area contributed by atoms with E-state index >= 15 is 0 Å². The fourth-order valence-corrected chi connectivity index (χ4v) is 3.03. The summed E-state index contributed by atoms with van der Waals surface area (Å²) in [5.74, 6) is -2.26. The summed E-state index contributed by atoms with van der Waals surface area (Å²) in [6, 6.07) is 15.3. The van der Waals surface area contributed by atoms with Crippen molar-refractivity contribution in [2.24, 2.45) is 0 Å². The number of ether oxygens (including phenoxy) is 2. The highest BCUT2D eigenvalue weighted by atomic mass is 19.2. The van der Waals surface area contributed by atoms with E-state index in [-0.39, 0.29) is 0 Å². The number of hydrogen-bond acceptors (Lipinski definition) is 3. The first-order chi connectivity index (χ1) is 12.7. The standard InChI is InChI=1S/C21H20F2NO2/c22-18-10-9-15(13-19(18)23)12-17(16-6-2-1-3-7-16)20(14-24)26-21-8-4-5-11-25-21/h1-3,6-7,9-10,12-13,17,20-21H,4-5,8,11H2. The molecule has 1 aliphatic rings. The third kappa shape index (κ3) is 4.66. The van der Waals surface area contributed by atoms with E-state index in [1.165, 1.54) is 6.07 Å². The zero-order chi connectivity index (χ0) is 18.4. The molecule has 5 heteroatoms. The molecule has 0 amide bonds. The molecule has 0 aromatic heterocycles. The normalized spacial score (nSPS) is 19.5. The zero-order valence-electron chi connectivity index (χ0n) is 14.3. The molecule has 0 bridgehead atoms. The molecule has 0 N–H and O–H groups in total. The molecule has 0 saturated carbocycles. The summed E-state index contributed by atoms with van der Waals surface area (Å²) >= 11 is 0. The Kier molecular flexibility index (Phi) is 6.32. The summed E-state index contributed by atoms with van der Waals surface area (Å²) in [5.41, 5.74) is 1.35. The van der Waals surface area contributed by atoms with Gasteiger partial charge in [0, 0.05) is 18.9 Å². The molecular formula is C21H20F2NO2. The number of hydrogen-bond donors (Lipinski definition) is 0. The molecule has 2 aromatic carbocycles. The van der Waals surface area contributed by atoms with Gasteiger partial charge in [-0.2, -0.15) is 5.26 Å². The lowest BCUT2D eigenvalue weighted by Crippen LogP contribution is -2.31. The van der Waals surface area contributed by atoms with Crippen molar-refractivity contribution >= 4 is 0 Å². The first-order valence-corrected chi connectivity index (χ1v) is 8.69. The number of nitrogens with zero attached hydrogens (tertiary/aromatic N) is 1. The van der Waals surface area contributed by atoms with Crippen LogP contribution in [0.25, 0.3) is 0 Å². The quantitative estimate of drug-likeness (QED) is 0.751. The van der Waals surface area contributed by atoms with Crippen molar-refractivity contribution in [2.75, 3.05) is 6.61 Å². The second kappa shape index (κ2) is 8.88. The van der Waals surface area contributed by atoms with Crippen LogP contribution in [-0.4, -0.2) is 19.0 Å². The fourth-order valence-electron chi connectivity index (χ4n) is 3.03. The van der Waals surface area contributed by atoms with E-state index in [0.29, 0.717) is 12.2 Å². The summed E-state index contributed by atoms with van der Waals surface area (Å²) in [6.07, 6.45) is 3.23. The number of rotatable bonds is 6. The van der Waals surface area contributed by atoms with E-state index < -0.39 is 29.9 Å². The van der Waals surface area contributed by atoms with Crippen molar-refractivity contribution in [3.05, 3.63) is 77.7 Å². The smallest absolute Gasteiger partial charge is 0.159 e. The van der Waals surface area contributed by atoms with E-state index in [9.17, 15) is 14.0 Å². The van der Waals surface area contributed by atoms with Crippen LogP contribution >= 0.6 is 0 Å². The van der Waals surface area contributed by atoms with Crippen LogP contribution in [0.1, 0.15) is 36.3 Å². The van der Waals surface area contributed by atoms with Gasteiger partial charge >= 0.3 is 0 Å². The van der Waals surface area contributed by atoms with E-state index in [4.69, 9.17) is 9.47 Å². The molecule has 2 aromatic rings. The predicted molar refractivity (Wildman–Crippen MR) is 93.0 cm³/mol. The highest BCUT2D eigenvalue weighted by molar-refractivity contribution is 5.35. The van der Waals surface area contributed by atoms with Gasteiger partial charge in [0.05, 0.1) is 6.07 Å². The maximum Gasteiger partial charge on any atom is 0.159 e. The molecule has 1 heterocycles. The first-order valence-electron chi connectivity index (χ1n) is 8.69. The summed E-state index contributed by atoms with van der Waals surface area (Å²) in [4.78, 5) is 0. The molecule has 1 radical (unpaired) electrons. The molecular weight excluding hydrogens is 336 g/mol. The summed E-state index contributed by atoms with van der Waals surface area (Å²) < 4.78 is 38.3. The Hall–Kier alpha value is -2.29. The molecule has 1 aliphatic heterocycles. The summed E-state index contributed by atoms with van der Waals surface area (Å²) in [6.45, 7) is 0.617. The molecule has 0 spiro atoms. The van der Waals surface area contributed by atoms with Crippen LogP contribution in [0.5, 0.6) is 0 Å². The molecule has 3 unspecified atom stereocenters. The largest absolute Gasteiger partial charge is 0.353 e. The highest BCUT2D eigenvalue weighted by Gasteiger charge is 2.29. The lowest BCUT2D eigenvalue weighted by Gasteiger charge is -2.29. The molecule has 135 valence electrons. The van der Waals surface area contributed by atoms with Gasteiger partial charge in [-0.1, -0.05) is 36.4 Å². The fraction of sp³-hybridized carbons (Fsp3) is 0.333. The average molecular weight is 356 g/mol. The minimum atomic E-state index is -0.921. The average Bonchev–Trinajstić information content (AvgIpc) is 2.69. The second-order valence-corrected chi connectivity index (χ2v) is 6.26. The Morgan fingerprint density at radius 1 is 1.12 bits per heavy atom. The summed E-state index contributed by atoms with van der Waals surface area (Å²) in [5, 5.41) is 9.68. The number of nitriles is 1. The van der Waals surface area contributed by atoms with Crippen molar-refractivity contribution in [1.29, 1.82) is 5.26 Å². The van der Waals surface area contributed by atoms with Crippen LogP contribution in [-0.2, 0) is 9.47 Å². The van der Waals surface area contributed by atoms with Crippen LogP contribution in [0.15, 0.2) is 48.5 Å². The topological polar surface area (TPSA) is 42.2 Å². The van der Waals surface area contributed by atoms with Crippen LogP contribution in [0.2, 0.25) is 0 Å². The van der Waals surface area contributed by atoms with Crippen molar-refractivity contribution in [2.45, 2.75) is 37.6 Å². The van der Waals surface area contributed by atoms with Gasteiger partial charge in [-0.25, -0.2) is 8.78 Å². The molecule has 3 rings (SSSR count). The van der Waals surface area contributed by atoms with Gasteiger partial charge in [0.25, 0.3) is 0 Å². The van der Waals surface area contributed by atoms with Gasteiger partial charge in [0.15, 0.2) is 24.0 Å². The van der Waals surface area contributed by atoms with Crippen molar-refractivity contribution in [3.63, 3.8) is 0 Å². The Morgan fingerprint density at radius 3 is 2.58 bits per heavy atom. The second-order valence-electron chi connectivity index (χ2n) is 6.26. The van der Waals surface area contributed by atoms with Crippen molar-refractivity contribution < 1.29 is 18.3 Å². The van der Waals surface area contributed by atoms with Gasteiger partial charge in [-0.05, 0) is 42.5 Å². The van der Waals surface area contributed by atoms with Gasteiger partial charge < -0.3 is 9.47 Å². The van der Waals surface area contributed by atoms with E-state index in [2.05, 4.69) is 6.07 Å². The van der Waals surface area contributed by atoms with E-state index in [1.807, 2.05) is 30.3 Å². The molecule has 3 nitrogen and oxygen atoms in total. The van der Waals surface area contributed by atoms with Crippen LogP contribution in [0, 0.1) is 29.4 Å². The lowest BCUT2D eigenvalue weighted by molar-refractivity contribution is -0.179.